The average Bonchev–Trinajstić information content (AvgIpc) is 2.72. The lowest BCUT2D eigenvalue weighted by atomic mass is 10.1. The predicted molar refractivity (Wildman–Crippen MR) is 111 cm³/mol. The van der Waals surface area contributed by atoms with E-state index in [2.05, 4.69) is 20.8 Å². The molecule has 1 fully saturated rings. The fourth-order valence-corrected chi connectivity index (χ4v) is 3.35. The van der Waals surface area contributed by atoms with Gasteiger partial charge in [-0.05, 0) is 56.9 Å². The van der Waals surface area contributed by atoms with Gasteiger partial charge in [0.1, 0.15) is 5.82 Å². The van der Waals surface area contributed by atoms with Crippen molar-refractivity contribution in [2.24, 2.45) is 0 Å². The Morgan fingerprint density at radius 2 is 1.79 bits per heavy atom. The number of rotatable bonds is 5. The van der Waals surface area contributed by atoms with Crippen LogP contribution in [0.4, 0.5) is 16.3 Å². The minimum atomic E-state index is -0.288. The van der Waals surface area contributed by atoms with E-state index >= 15 is 0 Å². The highest BCUT2D eigenvalue weighted by molar-refractivity contribution is 6.03. The summed E-state index contributed by atoms with van der Waals surface area (Å²) in [4.78, 5) is 26.0. The van der Waals surface area contributed by atoms with Crippen molar-refractivity contribution >= 4 is 23.5 Å². The number of piperidine rings is 1. The van der Waals surface area contributed by atoms with E-state index in [1.54, 1.807) is 24.0 Å². The highest BCUT2D eigenvalue weighted by Crippen LogP contribution is 2.20. The van der Waals surface area contributed by atoms with Crippen molar-refractivity contribution in [2.45, 2.75) is 39.7 Å². The molecule has 0 bridgehead atoms. The van der Waals surface area contributed by atoms with Gasteiger partial charge in [-0.2, -0.15) is 0 Å². The number of nitrogens with one attached hydrogen (secondary N) is 2. The summed E-state index contributed by atoms with van der Waals surface area (Å²) in [6, 6.07) is 9.47. The van der Waals surface area contributed by atoms with E-state index in [1.165, 1.54) is 0 Å². The molecule has 2 amide bonds. The van der Waals surface area contributed by atoms with Crippen LogP contribution in [0, 0.1) is 13.8 Å². The number of ether oxygens (including phenoxy) is 1. The van der Waals surface area contributed by atoms with Crippen molar-refractivity contribution in [1.82, 2.24) is 15.1 Å². The van der Waals surface area contributed by atoms with E-state index in [4.69, 9.17) is 4.74 Å². The highest BCUT2D eigenvalue weighted by atomic mass is 16.6. The number of hydrogen-bond acceptors (Lipinski definition) is 6. The van der Waals surface area contributed by atoms with Crippen LogP contribution in [0.5, 0.6) is 0 Å². The van der Waals surface area contributed by atoms with E-state index in [0.717, 1.165) is 29.7 Å². The van der Waals surface area contributed by atoms with Gasteiger partial charge in [0.2, 0.25) is 0 Å². The number of carbonyl (C=O) groups excluding carboxylic acids is 2. The van der Waals surface area contributed by atoms with Crippen LogP contribution in [-0.4, -0.2) is 52.8 Å². The Bertz CT molecular complexity index is 841. The molecule has 1 aromatic carbocycles. The van der Waals surface area contributed by atoms with Gasteiger partial charge < -0.3 is 20.3 Å². The van der Waals surface area contributed by atoms with Crippen molar-refractivity contribution < 1.29 is 14.3 Å². The maximum Gasteiger partial charge on any atom is 0.409 e. The summed E-state index contributed by atoms with van der Waals surface area (Å²) in [5.41, 5.74) is 3.06. The number of anilines is 2. The van der Waals surface area contributed by atoms with Crippen LogP contribution in [0.2, 0.25) is 0 Å². The Balaban J connectivity index is 1.54. The summed E-state index contributed by atoms with van der Waals surface area (Å²) in [6.07, 6.45) is 1.34. The molecular weight excluding hydrogens is 370 g/mol. The summed E-state index contributed by atoms with van der Waals surface area (Å²) in [6.45, 7) is 7.37. The number of amides is 2. The third-order valence-electron chi connectivity index (χ3n) is 4.99. The van der Waals surface area contributed by atoms with Gasteiger partial charge in [-0.15, -0.1) is 10.2 Å². The second-order valence-electron chi connectivity index (χ2n) is 7.13. The minimum Gasteiger partial charge on any atom is -0.450 e. The predicted octanol–water partition coefficient (Wildman–Crippen LogP) is 3.38. The van der Waals surface area contributed by atoms with Gasteiger partial charge in [-0.25, -0.2) is 4.79 Å². The smallest absolute Gasteiger partial charge is 0.409 e. The summed E-state index contributed by atoms with van der Waals surface area (Å²) < 4.78 is 5.03. The Kier molecular flexibility index (Phi) is 6.64. The summed E-state index contributed by atoms with van der Waals surface area (Å²) in [5, 5.41) is 14.4. The number of aromatic nitrogens is 2. The van der Waals surface area contributed by atoms with Crippen LogP contribution in [0.15, 0.2) is 30.3 Å². The molecule has 1 aromatic heterocycles. The molecule has 0 aliphatic carbocycles. The van der Waals surface area contributed by atoms with Gasteiger partial charge in [0.05, 0.1) is 6.61 Å². The molecule has 1 saturated heterocycles. The average molecular weight is 397 g/mol. The zero-order valence-corrected chi connectivity index (χ0v) is 17.1. The Hall–Kier alpha value is -3.16. The molecule has 2 aromatic rings. The molecule has 2 heterocycles. The monoisotopic (exact) mass is 397 g/mol. The molecule has 0 unspecified atom stereocenters. The summed E-state index contributed by atoms with van der Waals surface area (Å²) >= 11 is 0. The molecular formula is C21H27N5O3. The van der Waals surface area contributed by atoms with Crippen LogP contribution >= 0.6 is 0 Å². The van der Waals surface area contributed by atoms with Crippen LogP contribution in [-0.2, 0) is 4.74 Å². The first-order chi connectivity index (χ1) is 14.0. The van der Waals surface area contributed by atoms with Gasteiger partial charge >= 0.3 is 6.09 Å². The first kappa shape index (κ1) is 20.6. The van der Waals surface area contributed by atoms with Crippen molar-refractivity contribution in [3.63, 3.8) is 0 Å². The van der Waals surface area contributed by atoms with Gasteiger partial charge in [-0.1, -0.05) is 18.2 Å². The van der Waals surface area contributed by atoms with Crippen molar-refractivity contribution in [2.75, 3.05) is 30.3 Å². The van der Waals surface area contributed by atoms with Crippen molar-refractivity contribution in [3.05, 3.63) is 47.2 Å². The Morgan fingerprint density at radius 3 is 2.38 bits per heavy atom. The molecule has 1 aliphatic rings. The highest BCUT2D eigenvalue weighted by Gasteiger charge is 2.23. The topological polar surface area (TPSA) is 96.5 Å². The fraction of sp³-hybridized carbons (Fsp3) is 0.429. The van der Waals surface area contributed by atoms with E-state index in [9.17, 15) is 9.59 Å². The normalized spacial score (nSPS) is 14.4. The number of carbonyl (C=O) groups is 2. The molecule has 0 atom stereocenters. The maximum absolute atomic E-state index is 12.5. The second kappa shape index (κ2) is 9.36. The minimum absolute atomic E-state index is 0.198. The summed E-state index contributed by atoms with van der Waals surface area (Å²) in [5.74, 6) is 0.326. The van der Waals surface area contributed by atoms with Gasteiger partial charge in [-0.3, -0.25) is 4.79 Å². The van der Waals surface area contributed by atoms with Gasteiger partial charge in [0.25, 0.3) is 5.91 Å². The third kappa shape index (κ3) is 5.22. The van der Waals surface area contributed by atoms with E-state index in [1.807, 2.05) is 32.0 Å². The molecule has 3 rings (SSSR count). The molecule has 29 heavy (non-hydrogen) atoms. The lowest BCUT2D eigenvalue weighted by Gasteiger charge is -2.31. The van der Waals surface area contributed by atoms with E-state index < -0.39 is 0 Å². The third-order valence-corrected chi connectivity index (χ3v) is 4.99. The van der Waals surface area contributed by atoms with Crippen LogP contribution < -0.4 is 10.6 Å². The maximum atomic E-state index is 12.5. The van der Waals surface area contributed by atoms with Crippen LogP contribution in [0.1, 0.15) is 41.4 Å². The largest absolute Gasteiger partial charge is 0.450 e. The number of hydrogen-bond donors (Lipinski definition) is 2. The Morgan fingerprint density at radius 1 is 1.10 bits per heavy atom. The number of nitrogens with zero attached hydrogens (tertiary/aromatic N) is 3. The molecule has 0 spiro atoms. The second-order valence-corrected chi connectivity index (χ2v) is 7.13. The number of benzene rings is 1. The standard InChI is InChI=1S/C21H27N5O3/c1-4-29-21(28)26-12-10-16(11-13-26)22-18-9-8-17(24-25-18)20(27)23-19-14(2)6-5-7-15(19)3/h5-9,16H,4,10-13H2,1-3H3,(H,22,25)(H,23,27). The molecule has 8 nitrogen and oxygen atoms in total. The van der Waals surface area contributed by atoms with Crippen LogP contribution in [0.3, 0.4) is 0 Å². The summed E-state index contributed by atoms with van der Waals surface area (Å²) in [7, 11) is 0. The fourth-order valence-electron chi connectivity index (χ4n) is 3.35. The first-order valence-corrected chi connectivity index (χ1v) is 9.87. The SMILES string of the molecule is CCOC(=O)N1CCC(Nc2ccc(C(=O)Nc3c(C)cccc3C)nn2)CC1. The lowest BCUT2D eigenvalue weighted by Crippen LogP contribution is -2.42. The lowest BCUT2D eigenvalue weighted by molar-refractivity contribution is 0.0982. The zero-order chi connectivity index (χ0) is 20.8. The van der Waals surface area contributed by atoms with Gasteiger partial charge in [0, 0.05) is 24.8 Å². The zero-order valence-electron chi connectivity index (χ0n) is 17.1. The number of para-hydroxylation sites is 1. The number of likely N-dealkylation sites (tertiary alicyclic amines) is 1. The first-order valence-electron chi connectivity index (χ1n) is 9.87. The molecule has 0 radical (unpaired) electrons. The van der Waals surface area contributed by atoms with E-state index in [-0.39, 0.29) is 23.7 Å². The van der Waals surface area contributed by atoms with Crippen LogP contribution in [0.25, 0.3) is 0 Å². The molecule has 8 heteroatoms. The van der Waals surface area contributed by atoms with E-state index in [0.29, 0.717) is 25.5 Å². The van der Waals surface area contributed by atoms with Crippen molar-refractivity contribution in [1.29, 1.82) is 0 Å². The Labute approximate surface area is 170 Å². The number of aryl methyl sites for hydroxylation is 2. The molecule has 154 valence electrons. The van der Waals surface area contributed by atoms with Crippen molar-refractivity contribution in [3.8, 4) is 0 Å². The quantitative estimate of drug-likeness (QED) is 0.803. The molecule has 2 N–H and O–H groups in total. The molecule has 1 aliphatic heterocycles. The molecule has 0 saturated carbocycles. The van der Waals surface area contributed by atoms with Gasteiger partial charge in [0.15, 0.2) is 5.69 Å².